The maximum absolute atomic E-state index is 6.27. The van der Waals surface area contributed by atoms with Crippen LogP contribution in [0, 0.1) is 13.8 Å². The lowest BCUT2D eigenvalue weighted by atomic mass is 10.0. The molecule has 136 valence electrons. The molecule has 5 heteroatoms. The first-order valence-corrected chi connectivity index (χ1v) is 10.2. The Labute approximate surface area is 168 Å². The molecular formula is C22H20ClN3S. The zero-order valence-electron chi connectivity index (χ0n) is 15.5. The van der Waals surface area contributed by atoms with Crippen molar-refractivity contribution in [1.82, 2.24) is 9.97 Å². The van der Waals surface area contributed by atoms with Crippen LogP contribution >= 0.6 is 22.9 Å². The van der Waals surface area contributed by atoms with E-state index in [1.165, 1.54) is 16.7 Å². The molecule has 27 heavy (non-hydrogen) atoms. The minimum Gasteiger partial charge on any atom is -0.326 e. The highest BCUT2D eigenvalue weighted by Gasteiger charge is 2.20. The summed E-state index contributed by atoms with van der Waals surface area (Å²) in [6.07, 6.45) is 0. The number of hydrogen-bond acceptors (Lipinski definition) is 4. The number of hydrogen-bond donors (Lipinski definition) is 0. The van der Waals surface area contributed by atoms with Crippen molar-refractivity contribution < 1.29 is 0 Å². The predicted octanol–water partition coefficient (Wildman–Crippen LogP) is 6.79. The van der Waals surface area contributed by atoms with Crippen molar-refractivity contribution in [3.05, 3.63) is 70.3 Å². The molecule has 2 aromatic carbocycles. The van der Waals surface area contributed by atoms with E-state index in [2.05, 4.69) is 71.4 Å². The molecule has 2 heterocycles. The normalized spacial score (nSPS) is 11.1. The van der Waals surface area contributed by atoms with Crippen LogP contribution in [0.25, 0.3) is 21.3 Å². The molecule has 0 bridgehead atoms. The Kier molecular flexibility index (Phi) is 4.85. The van der Waals surface area contributed by atoms with Crippen LogP contribution in [-0.4, -0.2) is 16.5 Å². The van der Waals surface area contributed by atoms with E-state index < -0.39 is 0 Å². The van der Waals surface area contributed by atoms with Gasteiger partial charge < -0.3 is 4.90 Å². The van der Waals surface area contributed by atoms with Crippen molar-refractivity contribution in [2.24, 2.45) is 0 Å². The molecule has 0 aliphatic carbocycles. The monoisotopic (exact) mass is 393 g/mol. The van der Waals surface area contributed by atoms with Crippen LogP contribution in [0.2, 0.25) is 5.28 Å². The lowest BCUT2D eigenvalue weighted by Crippen LogP contribution is -2.18. The number of anilines is 2. The molecule has 0 fully saturated rings. The van der Waals surface area contributed by atoms with Crippen molar-refractivity contribution in [3.63, 3.8) is 0 Å². The smallest absolute Gasteiger partial charge is 0.225 e. The van der Waals surface area contributed by atoms with Crippen LogP contribution in [0.4, 0.5) is 11.5 Å². The maximum Gasteiger partial charge on any atom is 0.225 e. The molecule has 4 rings (SSSR count). The van der Waals surface area contributed by atoms with Crippen LogP contribution in [0.15, 0.2) is 53.9 Å². The molecule has 0 atom stereocenters. The molecule has 0 aliphatic rings. The van der Waals surface area contributed by atoms with Crippen LogP contribution in [0.5, 0.6) is 0 Å². The van der Waals surface area contributed by atoms with E-state index >= 15 is 0 Å². The van der Waals surface area contributed by atoms with Gasteiger partial charge in [-0.3, -0.25) is 0 Å². The number of thiophene rings is 1. The second kappa shape index (κ2) is 7.29. The Morgan fingerprint density at radius 1 is 1.00 bits per heavy atom. The third-order valence-corrected chi connectivity index (χ3v) is 5.89. The molecule has 2 aromatic heterocycles. The summed E-state index contributed by atoms with van der Waals surface area (Å²) in [6, 6.07) is 16.8. The second-order valence-corrected chi connectivity index (χ2v) is 7.72. The number of aromatic nitrogens is 2. The van der Waals surface area contributed by atoms with E-state index in [9.17, 15) is 0 Å². The minimum atomic E-state index is 0.278. The fourth-order valence-electron chi connectivity index (χ4n) is 3.28. The highest BCUT2D eigenvalue weighted by molar-refractivity contribution is 7.17. The molecule has 0 amide bonds. The number of nitrogens with zero attached hydrogens (tertiary/aromatic N) is 3. The van der Waals surface area contributed by atoms with Gasteiger partial charge in [0, 0.05) is 23.2 Å². The summed E-state index contributed by atoms with van der Waals surface area (Å²) >= 11 is 7.88. The Balaban J connectivity index is 1.97. The quantitative estimate of drug-likeness (QED) is 0.357. The number of benzene rings is 2. The van der Waals surface area contributed by atoms with Crippen molar-refractivity contribution in [2.75, 3.05) is 11.4 Å². The van der Waals surface area contributed by atoms with Gasteiger partial charge in [0.25, 0.3) is 0 Å². The zero-order valence-corrected chi connectivity index (χ0v) is 17.1. The Bertz CT molecular complexity index is 1110. The Hall–Kier alpha value is -2.43. The first-order valence-electron chi connectivity index (χ1n) is 8.93. The molecule has 0 aliphatic heterocycles. The molecule has 0 N–H and O–H groups in total. The standard InChI is InChI=1S/C22H20ClN3S/c1-4-26(17-8-6-5-7-9-17)20-19-18(13-27-21(19)25-22(23)24-20)16-11-10-14(2)15(3)12-16/h5-13H,4H2,1-3H3. The fraction of sp³-hybridized carbons (Fsp3) is 0.182. The van der Waals surface area contributed by atoms with Gasteiger partial charge >= 0.3 is 0 Å². The molecular weight excluding hydrogens is 374 g/mol. The number of fused-ring (bicyclic) bond motifs is 1. The molecule has 4 aromatic rings. The summed E-state index contributed by atoms with van der Waals surface area (Å²) in [5.41, 5.74) is 5.99. The van der Waals surface area contributed by atoms with E-state index in [1.807, 2.05) is 18.2 Å². The molecule has 0 saturated carbocycles. The van der Waals surface area contributed by atoms with Crippen LogP contribution in [0.3, 0.4) is 0 Å². The third kappa shape index (κ3) is 3.31. The van der Waals surface area contributed by atoms with Gasteiger partial charge in [0.2, 0.25) is 5.28 Å². The summed E-state index contributed by atoms with van der Waals surface area (Å²) in [6.45, 7) is 7.18. The minimum absolute atomic E-state index is 0.278. The first-order chi connectivity index (χ1) is 13.1. The molecule has 0 saturated heterocycles. The van der Waals surface area contributed by atoms with Gasteiger partial charge in [0.15, 0.2) is 0 Å². The van der Waals surface area contributed by atoms with Gasteiger partial charge in [-0.25, -0.2) is 4.98 Å². The van der Waals surface area contributed by atoms with Gasteiger partial charge in [0.1, 0.15) is 10.6 Å². The topological polar surface area (TPSA) is 29.0 Å². The van der Waals surface area contributed by atoms with Crippen LogP contribution in [0.1, 0.15) is 18.1 Å². The van der Waals surface area contributed by atoms with Crippen LogP contribution in [-0.2, 0) is 0 Å². The third-order valence-electron chi connectivity index (χ3n) is 4.84. The zero-order chi connectivity index (χ0) is 19.0. The van der Waals surface area contributed by atoms with Gasteiger partial charge in [-0.15, -0.1) is 11.3 Å². The van der Waals surface area contributed by atoms with Crippen molar-refractivity contribution in [1.29, 1.82) is 0 Å². The number of halogens is 1. The lowest BCUT2D eigenvalue weighted by molar-refractivity contribution is 0.991. The highest BCUT2D eigenvalue weighted by atomic mass is 35.5. The summed E-state index contributed by atoms with van der Waals surface area (Å²) in [5.74, 6) is 0.855. The Morgan fingerprint density at radius 3 is 2.48 bits per heavy atom. The lowest BCUT2D eigenvalue weighted by Gasteiger charge is -2.23. The summed E-state index contributed by atoms with van der Waals surface area (Å²) in [7, 11) is 0. The number of aryl methyl sites for hydroxylation is 2. The van der Waals surface area contributed by atoms with E-state index in [-0.39, 0.29) is 5.28 Å². The Morgan fingerprint density at radius 2 is 1.78 bits per heavy atom. The SMILES string of the molecule is CCN(c1ccccc1)c1nc(Cl)nc2scc(-c3ccc(C)c(C)c3)c12. The van der Waals surface area contributed by atoms with E-state index in [0.29, 0.717) is 0 Å². The highest BCUT2D eigenvalue weighted by Crippen LogP contribution is 2.41. The summed E-state index contributed by atoms with van der Waals surface area (Å²) < 4.78 is 0. The van der Waals surface area contributed by atoms with Crippen molar-refractivity contribution in [2.45, 2.75) is 20.8 Å². The molecule has 0 radical (unpaired) electrons. The van der Waals surface area contributed by atoms with Gasteiger partial charge in [-0.1, -0.05) is 36.4 Å². The fourth-order valence-corrected chi connectivity index (χ4v) is 4.43. The predicted molar refractivity (Wildman–Crippen MR) is 116 cm³/mol. The van der Waals surface area contributed by atoms with E-state index in [1.54, 1.807) is 11.3 Å². The van der Waals surface area contributed by atoms with Crippen molar-refractivity contribution in [3.8, 4) is 11.1 Å². The van der Waals surface area contributed by atoms with Gasteiger partial charge in [-0.05, 0) is 61.2 Å². The summed E-state index contributed by atoms with van der Waals surface area (Å²) in [5, 5.41) is 3.49. The van der Waals surface area contributed by atoms with Gasteiger partial charge in [0.05, 0.1) is 5.39 Å². The van der Waals surface area contributed by atoms with E-state index in [0.717, 1.165) is 33.8 Å². The average Bonchev–Trinajstić information content (AvgIpc) is 3.09. The number of rotatable bonds is 4. The largest absolute Gasteiger partial charge is 0.326 e. The van der Waals surface area contributed by atoms with Crippen molar-refractivity contribution >= 4 is 44.7 Å². The number of para-hydroxylation sites is 1. The van der Waals surface area contributed by atoms with E-state index in [4.69, 9.17) is 11.6 Å². The van der Waals surface area contributed by atoms with Crippen LogP contribution < -0.4 is 4.90 Å². The molecule has 0 spiro atoms. The molecule has 0 unspecified atom stereocenters. The first kappa shape index (κ1) is 18.0. The average molecular weight is 394 g/mol. The summed E-state index contributed by atoms with van der Waals surface area (Å²) in [4.78, 5) is 12.2. The second-order valence-electron chi connectivity index (χ2n) is 6.52. The maximum atomic E-state index is 6.27. The molecule has 3 nitrogen and oxygen atoms in total. The van der Waals surface area contributed by atoms with Gasteiger partial charge in [-0.2, -0.15) is 4.98 Å².